The molecule has 1 aliphatic rings. The van der Waals surface area contributed by atoms with Gasteiger partial charge in [-0.1, -0.05) is 31.9 Å². The first-order valence-electron chi connectivity index (χ1n) is 7.71. The van der Waals surface area contributed by atoms with Crippen molar-refractivity contribution in [3.8, 4) is 0 Å². The zero-order valence-corrected chi connectivity index (χ0v) is 13.8. The van der Waals surface area contributed by atoms with Gasteiger partial charge in [-0.25, -0.2) is 0 Å². The van der Waals surface area contributed by atoms with Gasteiger partial charge in [0.1, 0.15) is 0 Å². The molecule has 3 unspecified atom stereocenters. The summed E-state index contributed by atoms with van der Waals surface area (Å²) in [6, 6.07) is 9.94. The van der Waals surface area contributed by atoms with Crippen LogP contribution in [0.2, 0.25) is 0 Å². The summed E-state index contributed by atoms with van der Waals surface area (Å²) in [5, 5.41) is 0. The Hall–Kier alpha value is -0.510. The highest BCUT2D eigenvalue weighted by molar-refractivity contribution is 7.98. The number of benzene rings is 1. The summed E-state index contributed by atoms with van der Waals surface area (Å²) in [5.74, 6) is 0.855. The Bertz CT molecular complexity index is 404. The molecule has 0 aliphatic heterocycles. The summed E-state index contributed by atoms with van der Waals surface area (Å²) in [7, 11) is 2.25. The minimum absolute atomic E-state index is 0.348. The van der Waals surface area contributed by atoms with Gasteiger partial charge in [-0.3, -0.25) is 4.90 Å². The number of likely N-dealkylation sites (N-methyl/N-ethyl adjacent to an activating group) is 1. The van der Waals surface area contributed by atoms with Crippen molar-refractivity contribution in [2.75, 3.05) is 19.8 Å². The van der Waals surface area contributed by atoms with Crippen molar-refractivity contribution >= 4 is 11.8 Å². The van der Waals surface area contributed by atoms with Gasteiger partial charge < -0.3 is 5.73 Å². The molecule has 2 nitrogen and oxygen atoms in total. The maximum atomic E-state index is 6.07. The molecule has 3 heteroatoms. The van der Waals surface area contributed by atoms with Crippen molar-refractivity contribution in [3.63, 3.8) is 0 Å². The topological polar surface area (TPSA) is 29.3 Å². The molecule has 20 heavy (non-hydrogen) atoms. The lowest BCUT2D eigenvalue weighted by molar-refractivity contribution is 0.121. The van der Waals surface area contributed by atoms with Gasteiger partial charge in [-0.2, -0.15) is 0 Å². The third-order valence-corrected chi connectivity index (χ3v) is 5.44. The van der Waals surface area contributed by atoms with Crippen molar-refractivity contribution in [3.05, 3.63) is 29.8 Å². The molecule has 0 aromatic heterocycles. The van der Waals surface area contributed by atoms with Gasteiger partial charge in [0.25, 0.3) is 0 Å². The standard InChI is InChI=1S/C17H28N2S/c1-13-5-4-6-15(11-13)19(2)17(12-18)14-7-9-16(20-3)10-8-14/h7-10,13,15,17H,4-6,11-12,18H2,1-3H3. The lowest BCUT2D eigenvalue weighted by Gasteiger charge is -2.39. The summed E-state index contributed by atoms with van der Waals surface area (Å²) in [4.78, 5) is 3.84. The summed E-state index contributed by atoms with van der Waals surface area (Å²) in [6.07, 6.45) is 7.50. The molecule has 0 bridgehead atoms. The summed E-state index contributed by atoms with van der Waals surface area (Å²) >= 11 is 1.79. The van der Waals surface area contributed by atoms with Crippen molar-refractivity contribution in [1.82, 2.24) is 4.90 Å². The molecule has 1 aromatic rings. The molecule has 2 rings (SSSR count). The Morgan fingerprint density at radius 2 is 2.00 bits per heavy atom. The smallest absolute Gasteiger partial charge is 0.0470 e. The second-order valence-electron chi connectivity index (χ2n) is 6.12. The summed E-state index contributed by atoms with van der Waals surface area (Å²) < 4.78 is 0. The molecule has 1 fully saturated rings. The fraction of sp³-hybridized carbons (Fsp3) is 0.647. The quantitative estimate of drug-likeness (QED) is 0.834. The Morgan fingerprint density at radius 3 is 2.55 bits per heavy atom. The highest BCUT2D eigenvalue weighted by Crippen LogP contribution is 2.31. The van der Waals surface area contributed by atoms with E-state index in [9.17, 15) is 0 Å². The third-order valence-electron chi connectivity index (χ3n) is 4.70. The molecule has 1 aromatic carbocycles. The van der Waals surface area contributed by atoms with E-state index < -0.39 is 0 Å². The molecule has 0 radical (unpaired) electrons. The average Bonchev–Trinajstić information content (AvgIpc) is 2.48. The third kappa shape index (κ3) is 3.78. The van der Waals surface area contributed by atoms with E-state index in [0.29, 0.717) is 18.6 Å². The maximum Gasteiger partial charge on any atom is 0.0470 e. The molecule has 0 amide bonds. The number of hydrogen-bond donors (Lipinski definition) is 1. The Labute approximate surface area is 128 Å². The van der Waals surface area contributed by atoms with Crippen LogP contribution in [0.15, 0.2) is 29.2 Å². The van der Waals surface area contributed by atoms with Crippen molar-refractivity contribution in [2.45, 2.75) is 49.6 Å². The van der Waals surface area contributed by atoms with Crippen LogP contribution in [0.1, 0.15) is 44.2 Å². The van der Waals surface area contributed by atoms with E-state index in [1.165, 1.54) is 36.1 Å². The monoisotopic (exact) mass is 292 g/mol. The molecule has 1 saturated carbocycles. The van der Waals surface area contributed by atoms with Gasteiger partial charge in [0.05, 0.1) is 0 Å². The van der Waals surface area contributed by atoms with Crippen LogP contribution in [0.3, 0.4) is 0 Å². The fourth-order valence-electron chi connectivity index (χ4n) is 3.39. The van der Waals surface area contributed by atoms with Gasteiger partial charge in [-0.05, 0) is 49.8 Å². The van der Waals surface area contributed by atoms with E-state index in [1.807, 2.05) is 0 Å². The van der Waals surface area contributed by atoms with Gasteiger partial charge in [0, 0.05) is 23.5 Å². The van der Waals surface area contributed by atoms with E-state index in [-0.39, 0.29) is 0 Å². The van der Waals surface area contributed by atoms with E-state index >= 15 is 0 Å². The molecule has 0 saturated heterocycles. The molecule has 112 valence electrons. The average molecular weight is 292 g/mol. The Balaban J connectivity index is 2.09. The second kappa shape index (κ2) is 7.48. The van der Waals surface area contributed by atoms with Crippen LogP contribution in [0.4, 0.5) is 0 Å². The molecule has 0 heterocycles. The first-order chi connectivity index (χ1) is 9.65. The van der Waals surface area contributed by atoms with Crippen LogP contribution in [0.5, 0.6) is 0 Å². The normalized spacial score (nSPS) is 24.9. The van der Waals surface area contributed by atoms with Gasteiger partial charge in [0.2, 0.25) is 0 Å². The van der Waals surface area contributed by atoms with Crippen molar-refractivity contribution < 1.29 is 0 Å². The molecular weight excluding hydrogens is 264 g/mol. The number of hydrogen-bond acceptors (Lipinski definition) is 3. The SMILES string of the molecule is CSc1ccc(C(CN)N(C)C2CCCC(C)C2)cc1. The first kappa shape index (κ1) is 15.9. The zero-order valence-electron chi connectivity index (χ0n) is 13.0. The minimum atomic E-state index is 0.348. The Kier molecular flexibility index (Phi) is 5.94. The number of thioether (sulfide) groups is 1. The van der Waals surface area contributed by atoms with E-state index in [4.69, 9.17) is 5.73 Å². The van der Waals surface area contributed by atoms with Gasteiger partial charge in [-0.15, -0.1) is 11.8 Å². The molecule has 0 spiro atoms. The highest BCUT2D eigenvalue weighted by atomic mass is 32.2. The molecular formula is C17H28N2S. The second-order valence-corrected chi connectivity index (χ2v) is 7.00. The fourth-order valence-corrected chi connectivity index (χ4v) is 3.80. The van der Waals surface area contributed by atoms with Crippen LogP contribution in [-0.4, -0.2) is 30.8 Å². The molecule has 3 atom stereocenters. The van der Waals surface area contributed by atoms with Crippen LogP contribution in [0.25, 0.3) is 0 Å². The van der Waals surface area contributed by atoms with E-state index in [2.05, 4.69) is 49.4 Å². The minimum Gasteiger partial charge on any atom is -0.329 e. The number of rotatable bonds is 5. The lowest BCUT2D eigenvalue weighted by Crippen LogP contribution is -2.41. The maximum absolute atomic E-state index is 6.07. The predicted molar refractivity (Wildman–Crippen MR) is 89.2 cm³/mol. The van der Waals surface area contributed by atoms with Crippen molar-refractivity contribution in [1.29, 1.82) is 0 Å². The molecule has 2 N–H and O–H groups in total. The number of nitrogens with two attached hydrogens (primary N) is 1. The van der Waals surface area contributed by atoms with Crippen molar-refractivity contribution in [2.24, 2.45) is 11.7 Å². The Morgan fingerprint density at radius 1 is 1.30 bits per heavy atom. The van der Waals surface area contributed by atoms with Crippen LogP contribution in [0, 0.1) is 5.92 Å². The molecule has 1 aliphatic carbocycles. The summed E-state index contributed by atoms with van der Waals surface area (Å²) in [5.41, 5.74) is 7.42. The van der Waals surface area contributed by atoms with E-state index in [0.717, 1.165) is 5.92 Å². The van der Waals surface area contributed by atoms with Gasteiger partial charge in [0.15, 0.2) is 0 Å². The largest absolute Gasteiger partial charge is 0.329 e. The van der Waals surface area contributed by atoms with Crippen LogP contribution >= 0.6 is 11.8 Å². The van der Waals surface area contributed by atoms with Crippen LogP contribution in [-0.2, 0) is 0 Å². The lowest BCUT2D eigenvalue weighted by atomic mass is 9.85. The van der Waals surface area contributed by atoms with Crippen LogP contribution < -0.4 is 5.73 Å². The summed E-state index contributed by atoms with van der Waals surface area (Å²) in [6.45, 7) is 3.07. The first-order valence-corrected chi connectivity index (χ1v) is 8.94. The zero-order chi connectivity index (χ0) is 14.5. The predicted octanol–water partition coefficient (Wildman–Crippen LogP) is 3.92. The number of nitrogens with zero attached hydrogens (tertiary/aromatic N) is 1. The van der Waals surface area contributed by atoms with E-state index in [1.54, 1.807) is 11.8 Å². The van der Waals surface area contributed by atoms with Gasteiger partial charge >= 0.3 is 0 Å². The highest BCUT2D eigenvalue weighted by Gasteiger charge is 2.27.